The molecule has 0 spiro atoms. The summed E-state index contributed by atoms with van der Waals surface area (Å²) in [6, 6.07) is 19.2. The Bertz CT molecular complexity index is 859. The second-order valence-electron chi connectivity index (χ2n) is 4.65. The van der Waals surface area contributed by atoms with Gasteiger partial charge in [0.25, 0.3) is 0 Å². The fourth-order valence-corrected chi connectivity index (χ4v) is 2.39. The van der Waals surface area contributed by atoms with Gasteiger partial charge in [-0.15, -0.1) is 0 Å². The third-order valence-electron chi connectivity index (χ3n) is 3.35. The molecule has 2 heterocycles. The van der Waals surface area contributed by atoms with Crippen molar-refractivity contribution < 1.29 is 9.15 Å². The number of benzene rings is 2. The number of aromatic amines is 1. The van der Waals surface area contributed by atoms with Crippen LogP contribution in [-0.2, 0) is 6.61 Å². The standard InChI is InChI=1S/C17H12NO2/c1-2-6-16-14(5-1)15-8-7-12(10-17(15)18-16)20-11-13-4-3-9-19-13/h1-9,18H,11H2. The zero-order chi connectivity index (χ0) is 13.4. The molecule has 3 nitrogen and oxygen atoms in total. The van der Waals surface area contributed by atoms with Gasteiger partial charge in [0.05, 0.1) is 17.8 Å². The molecule has 1 radical (unpaired) electrons. The van der Waals surface area contributed by atoms with E-state index in [1.807, 2.05) is 30.3 Å². The Kier molecular flexibility index (Phi) is 2.49. The molecule has 0 aliphatic heterocycles. The van der Waals surface area contributed by atoms with Gasteiger partial charge in [-0.2, -0.15) is 0 Å². The topological polar surface area (TPSA) is 38.2 Å². The maximum absolute atomic E-state index is 5.69. The van der Waals surface area contributed by atoms with Gasteiger partial charge >= 0.3 is 0 Å². The molecule has 0 saturated carbocycles. The van der Waals surface area contributed by atoms with Crippen LogP contribution in [0.3, 0.4) is 0 Å². The van der Waals surface area contributed by atoms with E-state index >= 15 is 0 Å². The second-order valence-corrected chi connectivity index (χ2v) is 4.65. The van der Waals surface area contributed by atoms with E-state index < -0.39 is 0 Å². The molecule has 3 heteroatoms. The summed E-state index contributed by atoms with van der Waals surface area (Å²) in [4.78, 5) is 3.35. The van der Waals surface area contributed by atoms with Gasteiger partial charge in [-0.1, -0.05) is 18.2 Å². The van der Waals surface area contributed by atoms with Crippen LogP contribution in [0.25, 0.3) is 21.8 Å². The molecule has 0 aliphatic rings. The Hall–Kier alpha value is -2.68. The molecule has 0 amide bonds. The van der Waals surface area contributed by atoms with Gasteiger partial charge in [-0.3, -0.25) is 0 Å². The minimum absolute atomic E-state index is 0.412. The molecule has 0 bridgehead atoms. The first kappa shape index (κ1) is 11.2. The summed E-state index contributed by atoms with van der Waals surface area (Å²) < 4.78 is 10.9. The molecule has 97 valence electrons. The number of hydrogen-bond donors (Lipinski definition) is 1. The molecule has 0 saturated heterocycles. The average Bonchev–Trinajstić information content (AvgIpc) is 3.12. The minimum atomic E-state index is 0.412. The highest BCUT2D eigenvalue weighted by Gasteiger charge is 2.06. The summed E-state index contributed by atoms with van der Waals surface area (Å²) in [5.74, 6) is 1.51. The van der Waals surface area contributed by atoms with Crippen LogP contribution in [0.4, 0.5) is 0 Å². The molecule has 20 heavy (non-hydrogen) atoms. The summed E-state index contributed by atoms with van der Waals surface area (Å²) in [5.41, 5.74) is 2.07. The van der Waals surface area contributed by atoms with E-state index in [0.717, 1.165) is 22.2 Å². The van der Waals surface area contributed by atoms with Crippen molar-refractivity contribution in [1.29, 1.82) is 0 Å². The number of nitrogens with one attached hydrogen (secondary N) is 1. The summed E-state index contributed by atoms with van der Waals surface area (Å²) in [7, 11) is 0. The predicted octanol–water partition coefficient (Wildman–Crippen LogP) is 4.29. The van der Waals surface area contributed by atoms with Gasteiger partial charge in [0, 0.05) is 16.3 Å². The average molecular weight is 262 g/mol. The zero-order valence-corrected chi connectivity index (χ0v) is 10.7. The molecule has 4 rings (SSSR count). The number of ether oxygens (including phenoxy) is 1. The highest BCUT2D eigenvalue weighted by Crippen LogP contribution is 2.27. The van der Waals surface area contributed by atoms with Crippen LogP contribution in [-0.4, -0.2) is 4.98 Å². The monoisotopic (exact) mass is 262 g/mol. The molecule has 2 aromatic heterocycles. The Morgan fingerprint density at radius 2 is 1.95 bits per heavy atom. The summed E-state index contributed by atoms with van der Waals surface area (Å²) in [5, 5.41) is 2.36. The maximum Gasteiger partial charge on any atom is 0.146 e. The number of furan rings is 1. The number of fused-ring (bicyclic) bond motifs is 3. The molecular formula is C17H12NO2. The molecule has 0 aliphatic carbocycles. The fourth-order valence-electron chi connectivity index (χ4n) is 2.39. The smallest absolute Gasteiger partial charge is 0.146 e. The lowest BCUT2D eigenvalue weighted by atomic mass is 10.1. The highest BCUT2D eigenvalue weighted by molar-refractivity contribution is 6.07. The zero-order valence-electron chi connectivity index (χ0n) is 10.7. The lowest BCUT2D eigenvalue weighted by Crippen LogP contribution is -1.93. The first-order valence-electron chi connectivity index (χ1n) is 6.48. The van der Waals surface area contributed by atoms with Crippen LogP contribution in [0.5, 0.6) is 5.75 Å². The minimum Gasteiger partial charge on any atom is -0.485 e. The first-order valence-corrected chi connectivity index (χ1v) is 6.48. The van der Waals surface area contributed by atoms with Crippen LogP contribution in [0.1, 0.15) is 5.76 Å². The van der Waals surface area contributed by atoms with Crippen LogP contribution in [0.2, 0.25) is 0 Å². The van der Waals surface area contributed by atoms with Gasteiger partial charge in [-0.25, -0.2) is 0 Å². The van der Waals surface area contributed by atoms with Gasteiger partial charge in [0.2, 0.25) is 0 Å². The van der Waals surface area contributed by atoms with E-state index in [0.29, 0.717) is 12.4 Å². The van der Waals surface area contributed by atoms with E-state index in [4.69, 9.17) is 9.15 Å². The second kappa shape index (κ2) is 4.46. The number of rotatable bonds is 3. The van der Waals surface area contributed by atoms with Crippen molar-refractivity contribution in [2.45, 2.75) is 6.61 Å². The molecule has 0 fully saturated rings. The van der Waals surface area contributed by atoms with Crippen molar-refractivity contribution in [2.75, 3.05) is 0 Å². The largest absolute Gasteiger partial charge is 0.485 e. The Morgan fingerprint density at radius 1 is 1.00 bits per heavy atom. The molecule has 2 aromatic carbocycles. The number of H-pyrrole nitrogens is 1. The quantitative estimate of drug-likeness (QED) is 0.598. The van der Waals surface area contributed by atoms with E-state index in [9.17, 15) is 0 Å². The maximum atomic E-state index is 5.69. The van der Waals surface area contributed by atoms with E-state index in [2.05, 4.69) is 29.2 Å². The summed E-state index contributed by atoms with van der Waals surface area (Å²) in [6.45, 7) is 0.412. The van der Waals surface area contributed by atoms with E-state index in [1.165, 1.54) is 5.39 Å². The normalized spacial score (nSPS) is 11.2. The van der Waals surface area contributed by atoms with E-state index in [-0.39, 0.29) is 0 Å². The number of para-hydroxylation sites is 1. The Balaban J connectivity index is 1.69. The molecule has 1 N–H and O–H groups in total. The van der Waals surface area contributed by atoms with Crippen molar-refractivity contribution in [1.82, 2.24) is 4.98 Å². The molecular weight excluding hydrogens is 250 g/mol. The summed E-state index contributed by atoms with van der Waals surface area (Å²) in [6.07, 6.45) is 1.64. The predicted molar refractivity (Wildman–Crippen MR) is 77.7 cm³/mol. The SMILES string of the molecule is [c]1c(OCc2ccco2)ccc2c1[nH]c1ccccc12. The van der Waals surface area contributed by atoms with Gasteiger partial charge in [-0.05, 0) is 30.3 Å². The highest BCUT2D eigenvalue weighted by atomic mass is 16.5. The van der Waals surface area contributed by atoms with Crippen molar-refractivity contribution in [2.24, 2.45) is 0 Å². The fraction of sp³-hybridized carbons (Fsp3) is 0.0588. The van der Waals surface area contributed by atoms with Crippen molar-refractivity contribution >= 4 is 21.8 Å². The Morgan fingerprint density at radius 3 is 2.85 bits per heavy atom. The van der Waals surface area contributed by atoms with Crippen molar-refractivity contribution in [3.05, 3.63) is 66.6 Å². The summed E-state index contributed by atoms with van der Waals surface area (Å²) >= 11 is 0. The van der Waals surface area contributed by atoms with Crippen LogP contribution in [0.15, 0.2) is 59.2 Å². The van der Waals surface area contributed by atoms with Crippen LogP contribution in [0, 0.1) is 6.07 Å². The third-order valence-corrected chi connectivity index (χ3v) is 3.35. The molecule has 4 aromatic rings. The molecule has 0 unspecified atom stereocenters. The van der Waals surface area contributed by atoms with Gasteiger partial charge in [0.15, 0.2) is 0 Å². The van der Waals surface area contributed by atoms with Crippen molar-refractivity contribution in [3.8, 4) is 5.75 Å². The van der Waals surface area contributed by atoms with Crippen LogP contribution < -0.4 is 4.74 Å². The number of hydrogen-bond acceptors (Lipinski definition) is 2. The Labute approximate surface area is 115 Å². The lowest BCUT2D eigenvalue weighted by Gasteiger charge is -2.03. The van der Waals surface area contributed by atoms with Gasteiger partial charge in [0.1, 0.15) is 18.1 Å². The van der Waals surface area contributed by atoms with Crippen molar-refractivity contribution in [3.63, 3.8) is 0 Å². The lowest BCUT2D eigenvalue weighted by molar-refractivity contribution is 0.270. The first-order chi connectivity index (χ1) is 9.90. The third kappa shape index (κ3) is 1.84. The molecule has 0 atom stereocenters. The van der Waals surface area contributed by atoms with Gasteiger partial charge < -0.3 is 14.1 Å². The van der Waals surface area contributed by atoms with E-state index in [1.54, 1.807) is 6.26 Å². The van der Waals surface area contributed by atoms with Crippen LogP contribution >= 0.6 is 0 Å². The number of aromatic nitrogens is 1.